The van der Waals surface area contributed by atoms with E-state index in [0.29, 0.717) is 6.61 Å². The molecule has 0 fully saturated rings. The van der Waals surface area contributed by atoms with Crippen molar-refractivity contribution in [2.45, 2.75) is 47.1 Å². The summed E-state index contributed by atoms with van der Waals surface area (Å²) in [6, 6.07) is 0. The van der Waals surface area contributed by atoms with Gasteiger partial charge in [-0.15, -0.1) is 0 Å². The lowest BCUT2D eigenvalue weighted by Gasteiger charge is -2.24. The second kappa shape index (κ2) is 6.36. The molecule has 0 aliphatic carbocycles. The van der Waals surface area contributed by atoms with E-state index in [1.54, 1.807) is 0 Å². The van der Waals surface area contributed by atoms with Crippen molar-refractivity contribution in [1.82, 2.24) is 0 Å². The molecule has 0 aromatic heterocycles. The Bertz CT molecular complexity index is 182. The van der Waals surface area contributed by atoms with Gasteiger partial charge in [0.1, 0.15) is 12.7 Å². The third-order valence-electron chi connectivity index (χ3n) is 1.89. The van der Waals surface area contributed by atoms with E-state index >= 15 is 0 Å². The fraction of sp³-hybridized carbons (Fsp3) is 0.818. The van der Waals surface area contributed by atoms with Crippen LogP contribution in [-0.4, -0.2) is 12.7 Å². The van der Waals surface area contributed by atoms with Gasteiger partial charge in [-0.25, -0.2) is 0 Å². The zero-order valence-corrected chi connectivity index (χ0v) is 10.7. The van der Waals surface area contributed by atoms with Crippen LogP contribution in [0.5, 0.6) is 0 Å². The Morgan fingerprint density at radius 3 is 2.36 bits per heavy atom. The van der Waals surface area contributed by atoms with E-state index in [-0.39, 0.29) is 11.5 Å². The van der Waals surface area contributed by atoms with Gasteiger partial charge in [0.15, 0.2) is 0 Å². The molecule has 0 N–H and O–H groups in total. The molecule has 0 aliphatic rings. The predicted octanol–water partition coefficient (Wildman–Crippen LogP) is 3.59. The first-order valence-corrected chi connectivity index (χ1v) is 5.31. The molecule has 0 radical (unpaired) electrons. The highest BCUT2D eigenvalue weighted by Crippen LogP contribution is 2.23. The van der Waals surface area contributed by atoms with Gasteiger partial charge in [0.05, 0.1) is 5.76 Å². The summed E-state index contributed by atoms with van der Waals surface area (Å²) in [6.07, 6.45) is 2.92. The number of ether oxygens (including phenoxy) is 1. The smallest absolute Gasteiger partial charge is 0.115 e. The zero-order chi connectivity index (χ0) is 11.2. The van der Waals surface area contributed by atoms with Gasteiger partial charge in [-0.2, -0.15) is 0 Å². The first-order valence-electron chi connectivity index (χ1n) is 4.95. The summed E-state index contributed by atoms with van der Waals surface area (Å²) in [4.78, 5) is 0. The molecule has 3 heteroatoms. The van der Waals surface area contributed by atoms with E-state index in [4.69, 9.17) is 8.92 Å². The van der Waals surface area contributed by atoms with Gasteiger partial charge in [0.2, 0.25) is 0 Å². The van der Waals surface area contributed by atoms with Crippen LogP contribution in [0.3, 0.4) is 0 Å². The molecule has 14 heavy (non-hydrogen) atoms. The van der Waals surface area contributed by atoms with E-state index in [9.17, 15) is 0 Å². The van der Waals surface area contributed by atoms with Crippen molar-refractivity contribution in [2.24, 2.45) is 5.41 Å². The monoisotopic (exact) mass is 218 g/mol. The number of allylic oxidation sites excluding steroid dienone is 2. The van der Waals surface area contributed by atoms with Gasteiger partial charge in [-0.1, -0.05) is 26.8 Å². The maximum Gasteiger partial charge on any atom is 0.115 e. The summed E-state index contributed by atoms with van der Waals surface area (Å²) in [6.45, 7) is 11.0. The van der Waals surface area contributed by atoms with Crippen LogP contribution >= 0.6 is 12.9 Å². The highest BCUT2D eigenvalue weighted by Gasteiger charge is 2.19. The number of rotatable bonds is 5. The van der Waals surface area contributed by atoms with Crippen molar-refractivity contribution in [2.75, 3.05) is 6.61 Å². The molecule has 0 saturated heterocycles. The number of hydrogen-bond acceptors (Lipinski definition) is 3. The minimum atomic E-state index is 0.0493. The Kier molecular flexibility index (Phi) is 6.29. The standard InChI is InChI=1S/C11H22O2S/c1-6-9(2)12-8-10(13-14)7-11(3,4)5/h6,10,14H,7-8H2,1-5H3/b9-6+/t10-/m1/s1. The average molecular weight is 218 g/mol. The average Bonchev–Trinajstić information content (AvgIpc) is 2.09. The molecule has 0 amide bonds. The van der Waals surface area contributed by atoms with Crippen LogP contribution in [0.25, 0.3) is 0 Å². The van der Waals surface area contributed by atoms with Crippen molar-refractivity contribution in [1.29, 1.82) is 0 Å². The Hall–Kier alpha value is -0.150. The molecule has 0 heterocycles. The topological polar surface area (TPSA) is 18.5 Å². The summed E-state index contributed by atoms with van der Waals surface area (Å²) in [5, 5.41) is 0. The largest absolute Gasteiger partial charge is 0.496 e. The van der Waals surface area contributed by atoms with E-state index in [2.05, 4.69) is 33.7 Å². The molecule has 1 atom stereocenters. The van der Waals surface area contributed by atoms with E-state index < -0.39 is 0 Å². The van der Waals surface area contributed by atoms with Crippen LogP contribution in [0.15, 0.2) is 11.8 Å². The van der Waals surface area contributed by atoms with Crippen LogP contribution in [0, 0.1) is 5.41 Å². The molecule has 0 aliphatic heterocycles. The van der Waals surface area contributed by atoms with Crippen LogP contribution in [-0.2, 0) is 8.92 Å². The van der Waals surface area contributed by atoms with Crippen molar-refractivity contribution in [3.8, 4) is 0 Å². The van der Waals surface area contributed by atoms with E-state index in [0.717, 1.165) is 12.2 Å². The van der Waals surface area contributed by atoms with Crippen molar-refractivity contribution < 1.29 is 8.92 Å². The Morgan fingerprint density at radius 1 is 1.43 bits per heavy atom. The van der Waals surface area contributed by atoms with E-state index in [1.807, 2.05) is 19.9 Å². The summed E-state index contributed by atoms with van der Waals surface area (Å²) >= 11 is 3.86. The normalized spacial score (nSPS) is 15.4. The second-order valence-electron chi connectivity index (χ2n) is 4.70. The molecule has 0 bridgehead atoms. The van der Waals surface area contributed by atoms with Crippen LogP contribution < -0.4 is 0 Å². The molecule has 0 unspecified atom stereocenters. The lowest BCUT2D eigenvalue weighted by Crippen LogP contribution is -2.23. The lowest BCUT2D eigenvalue weighted by molar-refractivity contribution is 0.0769. The zero-order valence-electron chi connectivity index (χ0n) is 9.83. The van der Waals surface area contributed by atoms with Crippen molar-refractivity contribution >= 4 is 12.9 Å². The van der Waals surface area contributed by atoms with Gasteiger partial charge in [-0.05, 0) is 38.6 Å². The Balaban J connectivity index is 3.92. The van der Waals surface area contributed by atoms with Gasteiger partial charge >= 0.3 is 0 Å². The van der Waals surface area contributed by atoms with Gasteiger partial charge in [0, 0.05) is 0 Å². The van der Waals surface area contributed by atoms with Crippen LogP contribution in [0.1, 0.15) is 41.0 Å². The third kappa shape index (κ3) is 7.27. The molecular weight excluding hydrogens is 196 g/mol. The van der Waals surface area contributed by atoms with Crippen LogP contribution in [0.4, 0.5) is 0 Å². The summed E-state index contributed by atoms with van der Waals surface area (Å²) in [7, 11) is 0. The first kappa shape index (κ1) is 13.8. The fourth-order valence-electron chi connectivity index (χ4n) is 1.12. The minimum absolute atomic E-state index is 0.0493. The Morgan fingerprint density at radius 2 is 2.00 bits per heavy atom. The van der Waals surface area contributed by atoms with Gasteiger partial charge < -0.3 is 8.92 Å². The van der Waals surface area contributed by atoms with Gasteiger partial charge in [-0.3, -0.25) is 0 Å². The maximum atomic E-state index is 5.48. The summed E-state index contributed by atoms with van der Waals surface area (Å²) in [5.41, 5.74) is 0.237. The molecule has 0 rings (SSSR count). The van der Waals surface area contributed by atoms with Gasteiger partial charge in [0.25, 0.3) is 0 Å². The summed E-state index contributed by atoms with van der Waals surface area (Å²) in [5.74, 6) is 0.925. The third-order valence-corrected chi connectivity index (χ3v) is 2.19. The molecule has 84 valence electrons. The molecule has 0 aromatic carbocycles. The Labute approximate surface area is 93.3 Å². The van der Waals surface area contributed by atoms with Crippen molar-refractivity contribution in [3.05, 3.63) is 11.8 Å². The van der Waals surface area contributed by atoms with Crippen molar-refractivity contribution in [3.63, 3.8) is 0 Å². The minimum Gasteiger partial charge on any atom is -0.496 e. The molecule has 0 saturated carbocycles. The lowest BCUT2D eigenvalue weighted by atomic mass is 9.89. The molecule has 0 spiro atoms. The SMILES string of the molecule is C/C=C(\C)OC[C@@H](CC(C)(C)C)OS. The first-order chi connectivity index (χ1) is 6.39. The quantitative estimate of drug-likeness (QED) is 0.432. The second-order valence-corrected chi connectivity index (χ2v) is 4.91. The molecule has 0 aromatic rings. The highest BCUT2D eigenvalue weighted by molar-refractivity contribution is 7.75. The predicted molar refractivity (Wildman–Crippen MR) is 63.3 cm³/mol. The summed E-state index contributed by atoms with van der Waals surface area (Å²) < 4.78 is 10.5. The number of hydrogen-bond donors (Lipinski definition) is 1. The van der Waals surface area contributed by atoms with Crippen LogP contribution in [0.2, 0.25) is 0 Å². The fourth-order valence-corrected chi connectivity index (χ4v) is 1.25. The van der Waals surface area contributed by atoms with E-state index in [1.165, 1.54) is 0 Å². The maximum absolute atomic E-state index is 5.48. The molecule has 2 nitrogen and oxygen atoms in total. The molecular formula is C11H22O2S. The highest BCUT2D eigenvalue weighted by atomic mass is 32.1. The number of thiol groups is 1.